The summed E-state index contributed by atoms with van der Waals surface area (Å²) >= 11 is 0. The highest BCUT2D eigenvalue weighted by atomic mass is 19.1. The third-order valence-corrected chi connectivity index (χ3v) is 5.26. The lowest BCUT2D eigenvalue weighted by atomic mass is 9.77. The van der Waals surface area contributed by atoms with Crippen molar-refractivity contribution in [2.75, 3.05) is 25.1 Å². The fourth-order valence-electron chi connectivity index (χ4n) is 3.95. The Morgan fingerprint density at radius 3 is 2.41 bits per heavy atom. The minimum absolute atomic E-state index is 0.319. The van der Waals surface area contributed by atoms with E-state index in [-0.39, 0.29) is 0 Å². The van der Waals surface area contributed by atoms with Crippen molar-refractivity contribution < 1.29 is 14.1 Å². The number of nitro groups is 1. The number of hydrogen-bond acceptors (Lipinski definition) is 4. The van der Waals surface area contributed by atoms with Gasteiger partial charge in [0.25, 0.3) is 0 Å². The van der Waals surface area contributed by atoms with Gasteiger partial charge < -0.3 is 9.64 Å². The van der Waals surface area contributed by atoms with Crippen LogP contribution in [0.2, 0.25) is 0 Å². The second-order valence-electron chi connectivity index (χ2n) is 6.43. The third-order valence-electron chi connectivity index (χ3n) is 5.26. The molecule has 0 unspecified atom stereocenters. The van der Waals surface area contributed by atoms with Crippen LogP contribution in [0.5, 0.6) is 5.75 Å². The van der Waals surface area contributed by atoms with Crippen molar-refractivity contribution in [1.82, 2.24) is 0 Å². The minimum atomic E-state index is -0.833. The molecule has 1 aliphatic carbocycles. The standard InChI is InChI=1S/C16H21FN2O3/c1-22-12-10-13(17)15(19(20)21)14(11-12)18-8-6-16(7-9-18)4-2-3-5-16/h10-11H,2-9H2,1H3. The molecule has 120 valence electrons. The van der Waals surface area contributed by atoms with Crippen molar-refractivity contribution in [2.24, 2.45) is 5.41 Å². The first-order chi connectivity index (χ1) is 10.5. The lowest BCUT2D eigenvalue weighted by molar-refractivity contribution is -0.386. The van der Waals surface area contributed by atoms with Gasteiger partial charge in [-0.05, 0) is 31.1 Å². The van der Waals surface area contributed by atoms with Crippen molar-refractivity contribution in [2.45, 2.75) is 38.5 Å². The lowest BCUT2D eigenvalue weighted by Gasteiger charge is -2.40. The van der Waals surface area contributed by atoms with Gasteiger partial charge in [-0.25, -0.2) is 0 Å². The Hall–Kier alpha value is -1.85. The van der Waals surface area contributed by atoms with E-state index in [4.69, 9.17) is 4.74 Å². The molecule has 0 amide bonds. The Balaban J connectivity index is 1.88. The highest BCUT2D eigenvalue weighted by Crippen LogP contribution is 2.47. The largest absolute Gasteiger partial charge is 0.497 e. The van der Waals surface area contributed by atoms with Crippen LogP contribution < -0.4 is 9.64 Å². The predicted molar refractivity (Wildman–Crippen MR) is 82.0 cm³/mol. The topological polar surface area (TPSA) is 55.6 Å². The monoisotopic (exact) mass is 308 g/mol. The van der Waals surface area contributed by atoms with Crippen LogP contribution in [-0.2, 0) is 0 Å². The van der Waals surface area contributed by atoms with E-state index in [0.717, 1.165) is 32.0 Å². The average Bonchev–Trinajstić information content (AvgIpc) is 2.95. The molecule has 0 aromatic heterocycles. The molecule has 2 aliphatic rings. The fourth-order valence-corrected chi connectivity index (χ4v) is 3.95. The van der Waals surface area contributed by atoms with Crippen LogP contribution in [0.3, 0.4) is 0 Å². The molecule has 1 heterocycles. The summed E-state index contributed by atoms with van der Waals surface area (Å²) in [5.74, 6) is -0.514. The first kappa shape index (κ1) is 15.1. The van der Waals surface area contributed by atoms with Crippen molar-refractivity contribution >= 4 is 11.4 Å². The number of nitrogens with zero attached hydrogens (tertiary/aromatic N) is 2. The molecule has 1 saturated heterocycles. The van der Waals surface area contributed by atoms with Crippen molar-refractivity contribution in [3.8, 4) is 5.75 Å². The van der Waals surface area contributed by atoms with Crippen LogP contribution in [0.1, 0.15) is 38.5 Å². The summed E-state index contributed by atoms with van der Waals surface area (Å²) in [5, 5.41) is 11.2. The number of halogens is 1. The molecule has 3 rings (SSSR count). The van der Waals surface area contributed by atoms with Gasteiger partial charge in [0.2, 0.25) is 5.82 Å². The van der Waals surface area contributed by atoms with Crippen molar-refractivity contribution in [3.05, 3.63) is 28.1 Å². The van der Waals surface area contributed by atoms with E-state index in [1.165, 1.54) is 32.8 Å². The maximum atomic E-state index is 14.0. The number of nitro benzene ring substituents is 1. The Labute approximate surface area is 129 Å². The number of hydrogen-bond donors (Lipinski definition) is 0. The van der Waals surface area contributed by atoms with Gasteiger partial charge in [0, 0.05) is 25.2 Å². The van der Waals surface area contributed by atoms with Crippen LogP contribution in [-0.4, -0.2) is 25.1 Å². The number of ether oxygens (including phenoxy) is 1. The first-order valence-corrected chi connectivity index (χ1v) is 7.82. The number of piperidine rings is 1. The Morgan fingerprint density at radius 2 is 1.86 bits per heavy atom. The van der Waals surface area contributed by atoms with Gasteiger partial charge in [-0.3, -0.25) is 10.1 Å². The van der Waals surface area contributed by atoms with E-state index in [9.17, 15) is 14.5 Å². The zero-order valence-electron chi connectivity index (χ0n) is 12.8. The van der Waals surface area contributed by atoms with E-state index < -0.39 is 16.4 Å². The van der Waals surface area contributed by atoms with Crippen LogP contribution in [0.25, 0.3) is 0 Å². The highest BCUT2D eigenvalue weighted by molar-refractivity contribution is 5.66. The Morgan fingerprint density at radius 1 is 1.23 bits per heavy atom. The molecule has 1 aromatic carbocycles. The van der Waals surface area contributed by atoms with Gasteiger partial charge in [0.15, 0.2) is 0 Å². The van der Waals surface area contributed by atoms with E-state index in [2.05, 4.69) is 0 Å². The third kappa shape index (κ3) is 2.62. The quantitative estimate of drug-likeness (QED) is 0.627. The van der Waals surface area contributed by atoms with E-state index in [1.54, 1.807) is 6.07 Å². The normalized spacial score (nSPS) is 20.4. The van der Waals surface area contributed by atoms with Crippen LogP contribution in [0, 0.1) is 21.3 Å². The Kier molecular flexibility index (Phi) is 3.93. The van der Waals surface area contributed by atoms with Crippen LogP contribution in [0.4, 0.5) is 15.8 Å². The molecular formula is C16H21FN2O3. The summed E-state index contributed by atoms with van der Waals surface area (Å²) in [6, 6.07) is 2.65. The molecule has 0 radical (unpaired) electrons. The van der Waals surface area contributed by atoms with Gasteiger partial charge in [0.1, 0.15) is 11.4 Å². The minimum Gasteiger partial charge on any atom is -0.497 e. The molecule has 1 spiro atoms. The van der Waals surface area contributed by atoms with Crippen molar-refractivity contribution in [3.63, 3.8) is 0 Å². The van der Waals surface area contributed by atoms with E-state index >= 15 is 0 Å². The summed E-state index contributed by atoms with van der Waals surface area (Å²) < 4.78 is 19.1. The summed E-state index contributed by atoms with van der Waals surface area (Å²) in [6.07, 6.45) is 7.15. The second kappa shape index (κ2) is 5.74. The van der Waals surface area contributed by atoms with Gasteiger partial charge in [0.05, 0.1) is 12.0 Å². The van der Waals surface area contributed by atoms with E-state index in [0.29, 0.717) is 16.9 Å². The molecule has 2 fully saturated rings. The van der Waals surface area contributed by atoms with Gasteiger partial charge >= 0.3 is 5.69 Å². The molecular weight excluding hydrogens is 287 g/mol. The van der Waals surface area contributed by atoms with Crippen LogP contribution >= 0.6 is 0 Å². The lowest BCUT2D eigenvalue weighted by Crippen LogP contribution is -2.39. The fraction of sp³-hybridized carbons (Fsp3) is 0.625. The Bertz CT molecular complexity index is 575. The molecule has 0 N–H and O–H groups in total. The number of anilines is 1. The van der Waals surface area contributed by atoms with Crippen LogP contribution in [0.15, 0.2) is 12.1 Å². The number of rotatable bonds is 3. The molecule has 0 atom stereocenters. The molecule has 1 saturated carbocycles. The maximum Gasteiger partial charge on any atom is 0.328 e. The van der Waals surface area contributed by atoms with Crippen molar-refractivity contribution in [1.29, 1.82) is 0 Å². The number of benzene rings is 1. The molecule has 1 aliphatic heterocycles. The summed E-state index contributed by atoms with van der Waals surface area (Å²) in [6.45, 7) is 1.49. The molecule has 5 nitrogen and oxygen atoms in total. The van der Waals surface area contributed by atoms with Gasteiger partial charge in [-0.2, -0.15) is 4.39 Å². The predicted octanol–water partition coefficient (Wildman–Crippen LogP) is 3.90. The smallest absolute Gasteiger partial charge is 0.328 e. The zero-order valence-corrected chi connectivity index (χ0v) is 12.8. The summed E-state index contributed by atoms with van der Waals surface area (Å²) in [7, 11) is 1.44. The summed E-state index contributed by atoms with van der Waals surface area (Å²) in [4.78, 5) is 12.5. The first-order valence-electron chi connectivity index (χ1n) is 7.82. The highest BCUT2D eigenvalue weighted by Gasteiger charge is 2.38. The average molecular weight is 308 g/mol. The molecule has 1 aromatic rings. The molecule has 0 bridgehead atoms. The van der Waals surface area contributed by atoms with E-state index in [1.807, 2.05) is 4.90 Å². The molecule has 6 heteroatoms. The molecule has 22 heavy (non-hydrogen) atoms. The van der Waals surface area contributed by atoms with Gasteiger partial charge in [-0.15, -0.1) is 0 Å². The summed E-state index contributed by atoms with van der Waals surface area (Å²) in [5.41, 5.74) is 0.320. The maximum absolute atomic E-state index is 14.0. The zero-order chi connectivity index (χ0) is 15.7. The second-order valence-corrected chi connectivity index (χ2v) is 6.43. The number of methoxy groups -OCH3 is 1. The SMILES string of the molecule is COc1cc(F)c([N+](=O)[O-])c(N2CCC3(CCCC3)CC2)c1. The van der Waals surface area contributed by atoms with Gasteiger partial charge in [-0.1, -0.05) is 12.8 Å².